The van der Waals surface area contributed by atoms with E-state index in [1.165, 1.54) is 0 Å². The lowest BCUT2D eigenvalue weighted by Crippen LogP contribution is -2.48. The third kappa shape index (κ3) is 2.91. The number of morpholine rings is 1. The molecule has 0 aromatic rings. The van der Waals surface area contributed by atoms with Crippen LogP contribution in [-0.4, -0.2) is 73.5 Å². The minimum Gasteiger partial charge on any atom is -0.442 e. The lowest BCUT2D eigenvalue weighted by molar-refractivity contribution is 0.0523. The van der Waals surface area contributed by atoms with Crippen molar-refractivity contribution in [2.45, 2.75) is 25.0 Å². The standard InChI is InChI=1S/C12H19N3O4/c16-11(14-3-5-18-6-4-14)13-7-10-8-15(9-1-2-9)12(17)19-10/h9-10H,1-8H2,(H,13,16). The van der Waals surface area contributed by atoms with Crippen LogP contribution in [0.15, 0.2) is 0 Å². The van der Waals surface area contributed by atoms with Crippen molar-refractivity contribution in [1.29, 1.82) is 0 Å². The Hall–Kier alpha value is -1.50. The van der Waals surface area contributed by atoms with Gasteiger partial charge >= 0.3 is 12.1 Å². The maximum Gasteiger partial charge on any atom is 0.410 e. The number of nitrogens with zero attached hydrogens (tertiary/aromatic N) is 2. The van der Waals surface area contributed by atoms with E-state index < -0.39 is 0 Å². The molecule has 2 heterocycles. The van der Waals surface area contributed by atoms with Gasteiger partial charge in [-0.25, -0.2) is 9.59 Å². The summed E-state index contributed by atoms with van der Waals surface area (Å²) in [6, 6.07) is 0.261. The van der Waals surface area contributed by atoms with Crippen LogP contribution in [0.5, 0.6) is 0 Å². The Morgan fingerprint density at radius 2 is 2.05 bits per heavy atom. The van der Waals surface area contributed by atoms with Crippen molar-refractivity contribution < 1.29 is 19.1 Å². The highest BCUT2D eigenvalue weighted by molar-refractivity contribution is 5.74. The van der Waals surface area contributed by atoms with Gasteiger partial charge in [-0.2, -0.15) is 0 Å². The molecule has 1 atom stereocenters. The number of hydrogen-bond donors (Lipinski definition) is 1. The Morgan fingerprint density at radius 1 is 1.32 bits per heavy atom. The average Bonchev–Trinajstić information content (AvgIpc) is 3.21. The third-order valence-corrected chi connectivity index (χ3v) is 3.67. The topological polar surface area (TPSA) is 71.1 Å². The molecule has 106 valence electrons. The van der Waals surface area contributed by atoms with Gasteiger partial charge in [0, 0.05) is 19.1 Å². The molecule has 1 unspecified atom stereocenters. The van der Waals surface area contributed by atoms with E-state index in [9.17, 15) is 9.59 Å². The van der Waals surface area contributed by atoms with Gasteiger partial charge in [-0.05, 0) is 12.8 Å². The van der Waals surface area contributed by atoms with Gasteiger partial charge in [-0.1, -0.05) is 0 Å². The van der Waals surface area contributed by atoms with E-state index in [-0.39, 0.29) is 18.2 Å². The number of cyclic esters (lactones) is 1. The van der Waals surface area contributed by atoms with Crippen LogP contribution in [-0.2, 0) is 9.47 Å². The molecule has 0 radical (unpaired) electrons. The number of carbonyl (C=O) groups is 2. The quantitative estimate of drug-likeness (QED) is 0.783. The van der Waals surface area contributed by atoms with Gasteiger partial charge in [0.25, 0.3) is 0 Å². The molecule has 19 heavy (non-hydrogen) atoms. The lowest BCUT2D eigenvalue weighted by Gasteiger charge is -2.27. The SMILES string of the molecule is O=C(NCC1CN(C2CC2)C(=O)O1)N1CCOCC1. The molecule has 2 aliphatic heterocycles. The molecule has 3 aliphatic rings. The van der Waals surface area contributed by atoms with Crippen molar-refractivity contribution in [2.75, 3.05) is 39.4 Å². The van der Waals surface area contributed by atoms with Crippen molar-refractivity contribution in [1.82, 2.24) is 15.1 Å². The van der Waals surface area contributed by atoms with Crippen LogP contribution in [0.1, 0.15) is 12.8 Å². The molecule has 2 saturated heterocycles. The maximum absolute atomic E-state index is 11.9. The van der Waals surface area contributed by atoms with Gasteiger partial charge in [0.05, 0.1) is 26.3 Å². The van der Waals surface area contributed by atoms with Gasteiger partial charge in [0.15, 0.2) is 0 Å². The minimum absolute atomic E-state index is 0.107. The van der Waals surface area contributed by atoms with E-state index in [1.807, 2.05) is 0 Å². The Balaban J connectivity index is 1.42. The monoisotopic (exact) mass is 269 g/mol. The summed E-state index contributed by atoms with van der Waals surface area (Å²) >= 11 is 0. The summed E-state index contributed by atoms with van der Waals surface area (Å²) in [6.07, 6.45) is 1.68. The minimum atomic E-state index is -0.242. The Bertz CT molecular complexity index is 366. The highest BCUT2D eigenvalue weighted by atomic mass is 16.6. The van der Waals surface area contributed by atoms with Crippen molar-refractivity contribution in [3.05, 3.63) is 0 Å². The first-order valence-corrected chi connectivity index (χ1v) is 6.82. The second kappa shape index (κ2) is 5.24. The van der Waals surface area contributed by atoms with Gasteiger partial charge in [-0.3, -0.25) is 0 Å². The summed E-state index contributed by atoms with van der Waals surface area (Å²) in [5.41, 5.74) is 0. The normalized spacial score (nSPS) is 27.4. The van der Waals surface area contributed by atoms with E-state index in [2.05, 4.69) is 5.32 Å². The molecule has 7 heteroatoms. The molecular weight excluding hydrogens is 250 g/mol. The Kier molecular flexibility index (Phi) is 3.46. The number of amides is 3. The zero-order chi connectivity index (χ0) is 13.2. The zero-order valence-electron chi connectivity index (χ0n) is 10.8. The highest BCUT2D eigenvalue weighted by Gasteiger charge is 2.40. The first-order valence-electron chi connectivity index (χ1n) is 6.82. The van der Waals surface area contributed by atoms with Crippen LogP contribution in [0, 0.1) is 0 Å². The molecule has 0 spiro atoms. The molecule has 3 amide bonds. The van der Waals surface area contributed by atoms with E-state index >= 15 is 0 Å². The van der Waals surface area contributed by atoms with Crippen LogP contribution < -0.4 is 5.32 Å². The van der Waals surface area contributed by atoms with Gasteiger partial charge in [0.2, 0.25) is 0 Å². The molecule has 1 aliphatic carbocycles. The molecule has 1 saturated carbocycles. The molecular formula is C12H19N3O4. The predicted octanol–water partition coefficient (Wildman–Crippen LogP) is 0.0114. The summed E-state index contributed by atoms with van der Waals surface area (Å²) in [5, 5.41) is 2.82. The van der Waals surface area contributed by atoms with Gasteiger partial charge < -0.3 is 24.6 Å². The fourth-order valence-corrected chi connectivity index (χ4v) is 2.41. The number of ether oxygens (including phenoxy) is 2. The first-order chi connectivity index (χ1) is 9.24. The second-order valence-corrected chi connectivity index (χ2v) is 5.17. The maximum atomic E-state index is 11.9. The predicted molar refractivity (Wildman–Crippen MR) is 65.8 cm³/mol. The van der Waals surface area contributed by atoms with Crippen LogP contribution in [0.2, 0.25) is 0 Å². The van der Waals surface area contributed by atoms with Crippen molar-refractivity contribution in [3.63, 3.8) is 0 Å². The van der Waals surface area contributed by atoms with Crippen molar-refractivity contribution in [2.24, 2.45) is 0 Å². The molecule has 0 aromatic heterocycles. The Morgan fingerprint density at radius 3 is 2.74 bits per heavy atom. The summed E-state index contributed by atoms with van der Waals surface area (Å²) in [7, 11) is 0. The first kappa shape index (κ1) is 12.5. The third-order valence-electron chi connectivity index (χ3n) is 3.67. The van der Waals surface area contributed by atoms with E-state index in [0.717, 1.165) is 12.8 Å². The van der Waals surface area contributed by atoms with E-state index in [0.29, 0.717) is 45.4 Å². The number of hydrogen-bond acceptors (Lipinski definition) is 4. The molecule has 3 rings (SSSR count). The van der Waals surface area contributed by atoms with Crippen molar-refractivity contribution >= 4 is 12.1 Å². The van der Waals surface area contributed by atoms with Crippen molar-refractivity contribution in [3.8, 4) is 0 Å². The average molecular weight is 269 g/mol. The number of carbonyl (C=O) groups excluding carboxylic acids is 2. The Labute approximate surface area is 111 Å². The fourth-order valence-electron chi connectivity index (χ4n) is 2.41. The van der Waals surface area contributed by atoms with Crippen LogP contribution in [0.25, 0.3) is 0 Å². The van der Waals surface area contributed by atoms with E-state index in [1.54, 1.807) is 9.80 Å². The number of nitrogens with one attached hydrogen (secondary N) is 1. The summed E-state index contributed by atoms with van der Waals surface area (Å²) in [5.74, 6) is 0. The fraction of sp³-hybridized carbons (Fsp3) is 0.833. The summed E-state index contributed by atoms with van der Waals surface area (Å²) in [6.45, 7) is 3.37. The smallest absolute Gasteiger partial charge is 0.410 e. The van der Waals surface area contributed by atoms with Gasteiger partial charge in [-0.15, -0.1) is 0 Å². The van der Waals surface area contributed by atoms with Crippen LogP contribution in [0.3, 0.4) is 0 Å². The summed E-state index contributed by atoms with van der Waals surface area (Å²) in [4.78, 5) is 26.9. The highest BCUT2D eigenvalue weighted by Crippen LogP contribution is 2.30. The second-order valence-electron chi connectivity index (χ2n) is 5.17. The van der Waals surface area contributed by atoms with Crippen LogP contribution >= 0.6 is 0 Å². The zero-order valence-corrected chi connectivity index (χ0v) is 10.8. The lowest BCUT2D eigenvalue weighted by atomic mass is 10.3. The summed E-state index contributed by atoms with van der Waals surface area (Å²) < 4.78 is 10.4. The molecule has 7 nitrogen and oxygen atoms in total. The molecule has 1 N–H and O–H groups in total. The largest absolute Gasteiger partial charge is 0.442 e. The van der Waals surface area contributed by atoms with Gasteiger partial charge in [0.1, 0.15) is 6.10 Å². The molecule has 0 bridgehead atoms. The van der Waals surface area contributed by atoms with Crippen LogP contribution in [0.4, 0.5) is 9.59 Å². The number of urea groups is 1. The van der Waals surface area contributed by atoms with E-state index in [4.69, 9.17) is 9.47 Å². The molecule has 0 aromatic carbocycles. The molecule has 3 fully saturated rings. The number of rotatable bonds is 3.